The number of nitrogens with zero attached hydrogens (tertiary/aromatic N) is 5. The van der Waals surface area contributed by atoms with Crippen molar-refractivity contribution < 1.29 is 59.6 Å². The Morgan fingerprint density at radius 3 is 1.87 bits per heavy atom. The minimum Gasteiger partial charge on any atom is -0.462 e. The Labute approximate surface area is 302 Å². The number of likely N-dealkylation sites (N-methyl/N-ethyl adjacent to an activating group) is 1. The Bertz CT molecular complexity index is 1600. The molecule has 1 N–H and O–H groups in total. The zero-order chi connectivity index (χ0) is 38.8. The van der Waals surface area contributed by atoms with Gasteiger partial charge in [0.2, 0.25) is 11.8 Å². The molecule has 0 atom stereocenters. The third-order valence-corrected chi connectivity index (χ3v) is 8.51. The molecule has 0 radical (unpaired) electrons. The molecule has 5 rings (SSSR count). The van der Waals surface area contributed by atoms with Crippen LogP contribution >= 0.6 is 0 Å². The molecule has 2 aliphatic heterocycles. The van der Waals surface area contributed by atoms with Gasteiger partial charge in [-0.25, -0.2) is 9.37 Å². The number of rotatable bonds is 11. The van der Waals surface area contributed by atoms with Crippen molar-refractivity contribution in [2.24, 2.45) is 0 Å². The maximum atomic E-state index is 13.7. The fourth-order valence-corrected chi connectivity index (χ4v) is 5.36. The molecule has 1 aromatic heterocycles. The average molecular weight is 762 g/mol. The molecule has 11 nitrogen and oxygen atoms in total. The van der Waals surface area contributed by atoms with Crippen LogP contribution in [0.3, 0.4) is 0 Å². The minimum atomic E-state index is -5.09. The van der Waals surface area contributed by atoms with Gasteiger partial charge in [-0.2, -0.15) is 31.3 Å². The monoisotopic (exact) mass is 761 g/mol. The molecule has 0 spiro atoms. The highest BCUT2D eigenvalue weighted by Crippen LogP contribution is 2.40. The number of hydrogen-bond acceptors (Lipinski definition) is 10. The van der Waals surface area contributed by atoms with E-state index < -0.39 is 46.2 Å². The van der Waals surface area contributed by atoms with Crippen LogP contribution in [0, 0.1) is 5.82 Å². The summed E-state index contributed by atoms with van der Waals surface area (Å²) >= 11 is 0. The number of morpholine rings is 2. The summed E-state index contributed by atoms with van der Waals surface area (Å²) in [7, 11) is 1.25. The van der Waals surface area contributed by atoms with Gasteiger partial charge in [0, 0.05) is 46.3 Å². The number of anilines is 1. The molecular weight excluding hydrogens is 719 g/mol. The van der Waals surface area contributed by atoms with Crippen LogP contribution in [-0.4, -0.2) is 117 Å². The van der Waals surface area contributed by atoms with E-state index in [2.05, 4.69) is 19.8 Å². The molecule has 3 heterocycles. The van der Waals surface area contributed by atoms with Gasteiger partial charge in [-0.15, -0.1) is 0 Å². The predicted octanol–water partition coefficient (Wildman–Crippen LogP) is 5.41. The van der Waals surface area contributed by atoms with Gasteiger partial charge >= 0.3 is 18.4 Å². The molecule has 3 aromatic rings. The lowest BCUT2D eigenvalue weighted by atomic mass is 9.81. The molecule has 2 saturated heterocycles. The number of halogens is 7. The number of β-amino-alcohol motifs (C(OH)–C–C–N with tert-alkyl or cyclic N) is 1. The van der Waals surface area contributed by atoms with Crippen LogP contribution in [0.25, 0.3) is 0 Å². The van der Waals surface area contributed by atoms with Gasteiger partial charge in [0.15, 0.2) is 0 Å². The molecule has 292 valence electrons. The summed E-state index contributed by atoms with van der Waals surface area (Å²) in [4.78, 5) is 27.4. The van der Waals surface area contributed by atoms with Gasteiger partial charge in [-0.05, 0) is 61.9 Å². The molecule has 2 aliphatic rings. The first-order valence-electron chi connectivity index (χ1n) is 16.7. The van der Waals surface area contributed by atoms with Gasteiger partial charge in [0.05, 0.1) is 55.8 Å². The number of benzene rings is 2. The lowest BCUT2D eigenvalue weighted by Crippen LogP contribution is -2.42. The van der Waals surface area contributed by atoms with Crippen molar-refractivity contribution in [3.63, 3.8) is 0 Å². The van der Waals surface area contributed by atoms with Crippen LogP contribution in [0.15, 0.2) is 48.7 Å². The number of aliphatic hydroxyl groups excluding tert-OH is 1. The van der Waals surface area contributed by atoms with Crippen molar-refractivity contribution in [3.8, 4) is 17.6 Å². The third-order valence-electron chi connectivity index (χ3n) is 8.51. The van der Waals surface area contributed by atoms with Crippen molar-refractivity contribution >= 4 is 11.6 Å². The molecule has 0 aliphatic carbocycles. The zero-order valence-corrected chi connectivity index (χ0v) is 29.5. The van der Waals surface area contributed by atoms with E-state index in [1.54, 1.807) is 0 Å². The normalized spacial score (nSPS) is 16.1. The van der Waals surface area contributed by atoms with Crippen molar-refractivity contribution in [2.75, 3.05) is 90.9 Å². The smallest absolute Gasteiger partial charge is 0.416 e. The van der Waals surface area contributed by atoms with Crippen LogP contribution in [0.1, 0.15) is 30.5 Å². The summed E-state index contributed by atoms with van der Waals surface area (Å²) in [5.74, 6) is -1.53. The molecule has 0 bridgehead atoms. The molecular formula is C35H42F7N5O6. The van der Waals surface area contributed by atoms with Crippen LogP contribution < -0.4 is 14.4 Å². The van der Waals surface area contributed by atoms with E-state index in [-0.39, 0.29) is 42.6 Å². The molecule has 2 aromatic carbocycles. The SMILES string of the molecule is CN(C(=O)C(C)(C)c1cc(C(F)(F)F)cc(C(F)(F)F)c1)c1cnc(OCCN2CCOCC2)nc1Oc1ccc(F)cc1.OCCN1CCOCC1. The highest BCUT2D eigenvalue weighted by Gasteiger charge is 2.41. The molecule has 18 heteroatoms. The largest absolute Gasteiger partial charge is 0.462 e. The number of aromatic nitrogens is 2. The highest BCUT2D eigenvalue weighted by atomic mass is 19.4. The molecule has 1 amide bonds. The van der Waals surface area contributed by atoms with E-state index in [0.29, 0.717) is 31.9 Å². The van der Waals surface area contributed by atoms with Crippen molar-refractivity contribution in [1.29, 1.82) is 0 Å². The van der Waals surface area contributed by atoms with E-state index in [4.69, 9.17) is 24.1 Å². The lowest BCUT2D eigenvalue weighted by molar-refractivity contribution is -0.143. The van der Waals surface area contributed by atoms with Crippen molar-refractivity contribution in [2.45, 2.75) is 31.6 Å². The minimum absolute atomic E-state index is 0.00592. The molecule has 0 unspecified atom stereocenters. The van der Waals surface area contributed by atoms with E-state index in [9.17, 15) is 35.5 Å². The van der Waals surface area contributed by atoms with Gasteiger partial charge in [-0.3, -0.25) is 14.6 Å². The van der Waals surface area contributed by atoms with Crippen molar-refractivity contribution in [1.82, 2.24) is 19.8 Å². The Kier molecular flexibility index (Phi) is 14.4. The maximum absolute atomic E-state index is 13.7. The quantitative estimate of drug-likeness (QED) is 0.255. The first kappa shape index (κ1) is 41.7. The number of carbonyl (C=O) groups is 1. The van der Waals surface area contributed by atoms with Crippen LogP contribution in [0.4, 0.5) is 36.4 Å². The summed E-state index contributed by atoms with van der Waals surface area (Å²) in [5.41, 5.74) is -5.57. The number of aliphatic hydroxyl groups is 1. The molecule has 0 saturated carbocycles. The zero-order valence-electron chi connectivity index (χ0n) is 29.5. The Morgan fingerprint density at radius 1 is 0.849 bits per heavy atom. The number of carbonyl (C=O) groups excluding carboxylic acids is 1. The molecule has 53 heavy (non-hydrogen) atoms. The van der Waals surface area contributed by atoms with Gasteiger partial charge in [-0.1, -0.05) is 0 Å². The second-order valence-corrected chi connectivity index (χ2v) is 12.7. The van der Waals surface area contributed by atoms with Gasteiger partial charge in [0.1, 0.15) is 23.9 Å². The Morgan fingerprint density at radius 2 is 1.36 bits per heavy atom. The van der Waals surface area contributed by atoms with Gasteiger partial charge in [0.25, 0.3) is 0 Å². The van der Waals surface area contributed by atoms with E-state index in [1.165, 1.54) is 39.2 Å². The summed E-state index contributed by atoms with van der Waals surface area (Å²) < 4.78 is 117. The maximum Gasteiger partial charge on any atom is 0.416 e. The predicted molar refractivity (Wildman–Crippen MR) is 178 cm³/mol. The summed E-state index contributed by atoms with van der Waals surface area (Å²) in [6.45, 7) is 10.4. The summed E-state index contributed by atoms with van der Waals surface area (Å²) in [6.07, 6.45) is -9.01. The second kappa shape index (κ2) is 18.3. The second-order valence-electron chi connectivity index (χ2n) is 12.7. The number of hydrogen-bond donors (Lipinski definition) is 1. The Hall–Kier alpha value is -4.10. The lowest BCUT2D eigenvalue weighted by Gasteiger charge is -2.31. The Balaban J connectivity index is 0.000000608. The fourth-order valence-electron chi connectivity index (χ4n) is 5.36. The summed E-state index contributed by atoms with van der Waals surface area (Å²) in [6, 6.07) is 5.75. The van der Waals surface area contributed by atoms with E-state index in [0.717, 1.165) is 63.0 Å². The van der Waals surface area contributed by atoms with Crippen LogP contribution in [-0.2, 0) is 32.0 Å². The fraction of sp³-hybridized carbons (Fsp3) is 0.514. The third kappa shape index (κ3) is 11.9. The number of ether oxygens (including phenoxy) is 4. The van der Waals surface area contributed by atoms with E-state index in [1.807, 2.05) is 0 Å². The van der Waals surface area contributed by atoms with Crippen LogP contribution in [0.2, 0.25) is 0 Å². The first-order chi connectivity index (χ1) is 25.0. The first-order valence-corrected chi connectivity index (χ1v) is 16.7. The number of alkyl halides is 6. The topological polar surface area (TPSA) is 110 Å². The van der Waals surface area contributed by atoms with Gasteiger partial charge < -0.3 is 29.0 Å². The van der Waals surface area contributed by atoms with Crippen LogP contribution in [0.5, 0.6) is 17.6 Å². The van der Waals surface area contributed by atoms with E-state index >= 15 is 0 Å². The average Bonchev–Trinajstić information content (AvgIpc) is 3.12. The number of amides is 1. The highest BCUT2D eigenvalue weighted by molar-refractivity contribution is 6.01. The standard InChI is InChI=1S/C29H29F7N4O4.C6H13NO2/c1-27(2,18-14-19(28(31,32)33)16-20(15-18)29(34,35)36)25(41)39(3)23-17-37-26(43-13-10-40-8-11-42-12-9-40)38-24(23)44-22-6-4-21(30)5-7-22;8-4-1-7-2-5-9-6-3-7/h4-7,14-17H,8-13H2,1-3H3;8H,1-6H2. The summed E-state index contributed by atoms with van der Waals surface area (Å²) in [5, 5.41) is 8.54. The van der Waals surface area contributed by atoms with Crippen molar-refractivity contribution in [3.05, 3.63) is 71.2 Å². The molecule has 2 fully saturated rings.